The maximum atomic E-state index is 11.6. The lowest BCUT2D eigenvalue weighted by atomic mass is 9.99. The highest BCUT2D eigenvalue weighted by molar-refractivity contribution is 5.87. The van der Waals surface area contributed by atoms with Crippen LogP contribution < -0.4 is 0 Å². The number of carboxylic acids is 1. The molecule has 2 rings (SSSR count). The fourth-order valence-corrected chi connectivity index (χ4v) is 3.76. The van der Waals surface area contributed by atoms with E-state index in [1.807, 2.05) is 19.1 Å². The molecule has 0 unspecified atom stereocenters. The zero-order valence-electron chi connectivity index (χ0n) is 14.8. The largest absolute Gasteiger partial charge is 0.478 e. The SMILES string of the molecule is C/C1=C/C[C@H](O)/C(C(=O)O)=C/[C@@H]2[C@H](CC/C(C)=C\CC1)C2(C)C. The van der Waals surface area contributed by atoms with Crippen LogP contribution in [0.25, 0.3) is 0 Å². The zero-order valence-corrected chi connectivity index (χ0v) is 14.8. The lowest BCUT2D eigenvalue weighted by molar-refractivity contribution is -0.133. The summed E-state index contributed by atoms with van der Waals surface area (Å²) in [6.07, 6.45) is 9.74. The summed E-state index contributed by atoms with van der Waals surface area (Å²) >= 11 is 0. The van der Waals surface area contributed by atoms with E-state index in [-0.39, 0.29) is 16.9 Å². The van der Waals surface area contributed by atoms with Crippen LogP contribution in [0.15, 0.2) is 34.9 Å². The topological polar surface area (TPSA) is 57.5 Å². The van der Waals surface area contributed by atoms with E-state index >= 15 is 0 Å². The predicted octanol–water partition coefficient (Wildman–Crippen LogP) is 4.49. The zero-order chi connectivity index (χ0) is 17.2. The minimum absolute atomic E-state index is 0.132. The molecule has 0 aromatic carbocycles. The van der Waals surface area contributed by atoms with Gasteiger partial charge in [-0.2, -0.15) is 0 Å². The highest BCUT2D eigenvalue weighted by Gasteiger charge is 2.55. The summed E-state index contributed by atoms with van der Waals surface area (Å²) in [5.74, 6) is -0.232. The van der Waals surface area contributed by atoms with Gasteiger partial charge in [0.05, 0.1) is 11.7 Å². The lowest BCUT2D eigenvalue weighted by Crippen LogP contribution is -2.18. The molecular weight excluding hydrogens is 288 g/mol. The molecule has 3 nitrogen and oxygen atoms in total. The van der Waals surface area contributed by atoms with Crippen molar-refractivity contribution < 1.29 is 15.0 Å². The van der Waals surface area contributed by atoms with Crippen molar-refractivity contribution >= 4 is 5.97 Å². The maximum absolute atomic E-state index is 11.6. The van der Waals surface area contributed by atoms with Crippen LogP contribution in [-0.2, 0) is 4.79 Å². The molecular formula is C20H30O3. The quantitative estimate of drug-likeness (QED) is 0.700. The number of fused-ring (bicyclic) bond motifs is 1. The van der Waals surface area contributed by atoms with Crippen LogP contribution in [0, 0.1) is 17.3 Å². The van der Waals surface area contributed by atoms with Crippen molar-refractivity contribution in [3.05, 3.63) is 34.9 Å². The van der Waals surface area contributed by atoms with Crippen molar-refractivity contribution in [1.29, 1.82) is 0 Å². The highest BCUT2D eigenvalue weighted by atomic mass is 16.4. The first-order valence-corrected chi connectivity index (χ1v) is 8.67. The minimum atomic E-state index is -0.992. The molecule has 3 atom stereocenters. The Bertz CT molecular complexity index is 551. The summed E-state index contributed by atoms with van der Waals surface area (Å²) in [6, 6.07) is 0. The number of carboxylic acid groups (broad SMARTS) is 1. The van der Waals surface area contributed by atoms with Crippen LogP contribution in [-0.4, -0.2) is 22.3 Å². The molecule has 0 saturated heterocycles. The highest BCUT2D eigenvalue weighted by Crippen LogP contribution is 2.61. The molecule has 0 amide bonds. The van der Waals surface area contributed by atoms with E-state index in [4.69, 9.17) is 0 Å². The molecule has 0 spiro atoms. The van der Waals surface area contributed by atoms with Crippen LogP contribution in [0.1, 0.15) is 59.8 Å². The molecule has 1 saturated carbocycles. The van der Waals surface area contributed by atoms with Crippen LogP contribution in [0.2, 0.25) is 0 Å². The molecule has 23 heavy (non-hydrogen) atoms. The fraction of sp³-hybridized carbons (Fsp3) is 0.650. The molecule has 2 aliphatic carbocycles. The number of hydrogen-bond acceptors (Lipinski definition) is 2. The lowest BCUT2D eigenvalue weighted by Gasteiger charge is -2.11. The van der Waals surface area contributed by atoms with Gasteiger partial charge in [-0.15, -0.1) is 0 Å². The van der Waals surface area contributed by atoms with Gasteiger partial charge in [0, 0.05) is 0 Å². The number of aliphatic hydroxyl groups is 1. The Labute approximate surface area is 139 Å². The van der Waals surface area contributed by atoms with Crippen molar-refractivity contribution in [2.45, 2.75) is 65.9 Å². The van der Waals surface area contributed by atoms with Crippen LogP contribution in [0.5, 0.6) is 0 Å². The summed E-state index contributed by atoms with van der Waals surface area (Å²) in [4.78, 5) is 11.6. The van der Waals surface area contributed by atoms with Gasteiger partial charge in [-0.25, -0.2) is 4.79 Å². The monoisotopic (exact) mass is 318 g/mol. The van der Waals surface area contributed by atoms with Crippen molar-refractivity contribution in [2.24, 2.45) is 17.3 Å². The number of allylic oxidation sites excluding steroid dienone is 4. The summed E-state index contributed by atoms with van der Waals surface area (Å²) in [7, 11) is 0. The Hall–Kier alpha value is -1.35. The molecule has 0 aromatic heterocycles. The molecule has 2 aliphatic rings. The van der Waals surface area contributed by atoms with Gasteiger partial charge in [0.2, 0.25) is 0 Å². The van der Waals surface area contributed by atoms with Crippen molar-refractivity contribution in [3.63, 3.8) is 0 Å². The van der Waals surface area contributed by atoms with Gasteiger partial charge in [-0.3, -0.25) is 0 Å². The Kier molecular flexibility index (Phi) is 5.51. The molecule has 0 aromatic rings. The van der Waals surface area contributed by atoms with Gasteiger partial charge >= 0.3 is 5.97 Å². The van der Waals surface area contributed by atoms with Crippen LogP contribution >= 0.6 is 0 Å². The van der Waals surface area contributed by atoms with Crippen LogP contribution in [0.4, 0.5) is 0 Å². The average Bonchev–Trinajstić information content (AvgIpc) is 2.98. The Morgan fingerprint density at radius 3 is 2.48 bits per heavy atom. The molecule has 0 heterocycles. The first kappa shape index (κ1) is 18.0. The summed E-state index contributed by atoms with van der Waals surface area (Å²) in [5.41, 5.74) is 2.93. The molecule has 0 bridgehead atoms. The van der Waals surface area contributed by atoms with Gasteiger partial charge in [0.25, 0.3) is 0 Å². The second kappa shape index (κ2) is 7.04. The third-order valence-corrected chi connectivity index (χ3v) is 5.67. The standard InChI is InChI=1S/C20H30O3/c1-13-6-5-7-14(2)9-11-18(21)15(19(22)23)12-17-16(10-8-13)20(17,3)4/h6,9,12,16-18,21H,5,7-8,10-11H2,1-4H3,(H,22,23)/b13-6-,14-9-,15-12-/t16-,17+,18-/m0/s1. The minimum Gasteiger partial charge on any atom is -0.478 e. The third kappa shape index (κ3) is 4.35. The van der Waals surface area contributed by atoms with Gasteiger partial charge < -0.3 is 10.2 Å². The van der Waals surface area contributed by atoms with Crippen molar-refractivity contribution in [1.82, 2.24) is 0 Å². The first-order valence-electron chi connectivity index (χ1n) is 8.67. The van der Waals surface area contributed by atoms with E-state index < -0.39 is 12.1 Å². The van der Waals surface area contributed by atoms with Gasteiger partial charge in [0.15, 0.2) is 0 Å². The molecule has 2 N–H and O–H groups in total. The number of rotatable bonds is 1. The normalized spacial score (nSPS) is 38.7. The Balaban J connectivity index is 2.27. The fourth-order valence-electron chi connectivity index (χ4n) is 3.76. The predicted molar refractivity (Wildman–Crippen MR) is 93.1 cm³/mol. The van der Waals surface area contributed by atoms with Gasteiger partial charge in [-0.05, 0) is 63.2 Å². The third-order valence-electron chi connectivity index (χ3n) is 5.67. The Morgan fingerprint density at radius 1 is 1.17 bits per heavy atom. The molecule has 3 heteroatoms. The van der Waals surface area contributed by atoms with Crippen LogP contribution in [0.3, 0.4) is 0 Å². The summed E-state index contributed by atoms with van der Waals surface area (Å²) in [6.45, 7) is 8.64. The van der Waals surface area contributed by atoms with E-state index in [1.165, 1.54) is 11.1 Å². The second-order valence-corrected chi connectivity index (χ2v) is 7.81. The number of carbonyl (C=O) groups is 1. The van der Waals surface area contributed by atoms with E-state index in [0.29, 0.717) is 12.3 Å². The van der Waals surface area contributed by atoms with E-state index in [0.717, 1.165) is 25.7 Å². The van der Waals surface area contributed by atoms with E-state index in [9.17, 15) is 15.0 Å². The van der Waals surface area contributed by atoms with E-state index in [2.05, 4.69) is 26.8 Å². The second-order valence-electron chi connectivity index (χ2n) is 7.81. The molecule has 0 radical (unpaired) electrons. The summed E-state index contributed by atoms with van der Waals surface area (Å²) < 4.78 is 0. The molecule has 128 valence electrons. The summed E-state index contributed by atoms with van der Waals surface area (Å²) in [5, 5.41) is 19.8. The van der Waals surface area contributed by atoms with Crippen molar-refractivity contribution in [2.75, 3.05) is 0 Å². The van der Waals surface area contributed by atoms with Crippen molar-refractivity contribution in [3.8, 4) is 0 Å². The number of aliphatic carboxylic acids is 1. The smallest absolute Gasteiger partial charge is 0.333 e. The molecule has 0 aliphatic heterocycles. The number of aliphatic hydroxyl groups excluding tert-OH is 1. The maximum Gasteiger partial charge on any atom is 0.333 e. The van der Waals surface area contributed by atoms with Gasteiger partial charge in [0.1, 0.15) is 0 Å². The first-order chi connectivity index (χ1) is 10.7. The number of hydrogen-bond donors (Lipinski definition) is 2. The average molecular weight is 318 g/mol. The Morgan fingerprint density at radius 2 is 1.83 bits per heavy atom. The van der Waals surface area contributed by atoms with E-state index in [1.54, 1.807) is 0 Å². The van der Waals surface area contributed by atoms with Gasteiger partial charge in [-0.1, -0.05) is 43.2 Å². The molecule has 1 fully saturated rings.